The Hall–Kier alpha value is -1.82. The number of Topliss-reactive ketones (excluding diaryl/α,β-unsaturated/α-hetero) is 4. The van der Waals surface area contributed by atoms with Gasteiger partial charge >= 0.3 is 0 Å². The summed E-state index contributed by atoms with van der Waals surface area (Å²) in [5, 5.41) is 61.8. The van der Waals surface area contributed by atoms with Crippen molar-refractivity contribution in [2.24, 2.45) is 0 Å². The van der Waals surface area contributed by atoms with Crippen LogP contribution in [-0.4, -0.2) is 90.4 Å². The molecule has 10 heteroatoms. The molecule has 0 fully saturated rings. The molecule has 0 aromatic heterocycles. The molecule has 304 valence electrons. The van der Waals surface area contributed by atoms with E-state index in [1.807, 2.05) is 0 Å². The van der Waals surface area contributed by atoms with Gasteiger partial charge in [-0.2, -0.15) is 0 Å². The molecular formula is C42H76O10. The molecule has 0 rings (SSSR count). The highest BCUT2D eigenvalue weighted by Crippen LogP contribution is 2.32. The summed E-state index contributed by atoms with van der Waals surface area (Å²) in [5.74, 6) is -4.49. The van der Waals surface area contributed by atoms with Gasteiger partial charge in [-0.25, -0.2) is 0 Å². The predicted molar refractivity (Wildman–Crippen MR) is 206 cm³/mol. The Kier molecular flexibility index (Phi) is 30.4. The Labute approximate surface area is 314 Å². The van der Waals surface area contributed by atoms with Crippen molar-refractivity contribution in [1.29, 1.82) is 0 Å². The molecule has 0 heterocycles. The molecule has 0 bridgehead atoms. The van der Waals surface area contributed by atoms with Crippen molar-refractivity contribution >= 4 is 23.1 Å². The molecule has 0 saturated carbocycles. The first kappa shape index (κ1) is 50.2. The Morgan fingerprint density at radius 3 is 1.29 bits per heavy atom. The van der Waals surface area contributed by atoms with Gasteiger partial charge in [-0.05, 0) is 38.5 Å². The molecule has 0 aliphatic carbocycles. The lowest BCUT2D eigenvalue weighted by molar-refractivity contribution is -0.194. The fourth-order valence-corrected chi connectivity index (χ4v) is 6.59. The van der Waals surface area contributed by atoms with Crippen LogP contribution in [0.25, 0.3) is 0 Å². The number of aliphatic hydroxyl groups is 6. The molecule has 52 heavy (non-hydrogen) atoms. The van der Waals surface area contributed by atoms with Crippen LogP contribution < -0.4 is 0 Å². The number of unbranched alkanes of at least 4 members (excludes halogenated alkanes) is 21. The van der Waals surface area contributed by atoms with Crippen molar-refractivity contribution in [2.45, 2.75) is 217 Å². The molecule has 0 radical (unpaired) electrons. The average Bonchev–Trinajstić information content (AvgIpc) is 3.15. The molecule has 4 atom stereocenters. The summed E-state index contributed by atoms with van der Waals surface area (Å²) < 4.78 is 0. The van der Waals surface area contributed by atoms with Crippen molar-refractivity contribution in [3.8, 4) is 0 Å². The Bertz CT molecular complexity index is 982. The van der Waals surface area contributed by atoms with Crippen LogP contribution in [0.1, 0.15) is 194 Å². The van der Waals surface area contributed by atoms with Crippen molar-refractivity contribution in [3.63, 3.8) is 0 Å². The van der Waals surface area contributed by atoms with Crippen LogP contribution in [-0.2, 0) is 19.2 Å². The van der Waals surface area contributed by atoms with Gasteiger partial charge in [-0.3, -0.25) is 19.2 Å². The normalized spacial score (nSPS) is 15.3. The number of hydrogen-bond acceptors (Lipinski definition) is 10. The first-order valence-electron chi connectivity index (χ1n) is 20.8. The SMILES string of the molecule is CCCCCC/C=C\CCCCCCCC(=O)C(O)(C(=O)CCC(=O)C(O)C(O)CO)C(O)(CO)C(=O)CCCCCCCCCCCCCCC. The first-order chi connectivity index (χ1) is 25.0. The largest absolute Gasteiger partial charge is 0.394 e. The molecule has 6 N–H and O–H groups in total. The second kappa shape index (κ2) is 31.5. The van der Waals surface area contributed by atoms with Gasteiger partial charge < -0.3 is 30.6 Å². The maximum Gasteiger partial charge on any atom is 0.219 e. The minimum Gasteiger partial charge on any atom is -0.394 e. The van der Waals surface area contributed by atoms with E-state index in [-0.39, 0.29) is 19.3 Å². The Balaban J connectivity index is 5.17. The summed E-state index contributed by atoms with van der Waals surface area (Å²) in [4.78, 5) is 52.7. The predicted octanol–water partition coefficient (Wildman–Crippen LogP) is 6.95. The van der Waals surface area contributed by atoms with E-state index in [1.165, 1.54) is 70.6 Å². The molecule has 4 unspecified atom stereocenters. The lowest BCUT2D eigenvalue weighted by Crippen LogP contribution is -2.69. The number of hydrogen-bond donors (Lipinski definition) is 6. The van der Waals surface area contributed by atoms with Crippen molar-refractivity contribution in [3.05, 3.63) is 12.2 Å². The molecule has 0 aromatic rings. The van der Waals surface area contributed by atoms with Gasteiger partial charge in [0.05, 0.1) is 13.2 Å². The molecule has 0 saturated heterocycles. The van der Waals surface area contributed by atoms with Crippen molar-refractivity contribution in [1.82, 2.24) is 0 Å². The lowest BCUT2D eigenvalue weighted by Gasteiger charge is -2.39. The van der Waals surface area contributed by atoms with Gasteiger partial charge in [-0.15, -0.1) is 0 Å². The van der Waals surface area contributed by atoms with E-state index in [9.17, 15) is 44.7 Å². The molecule has 0 aliphatic rings. The highest BCUT2D eigenvalue weighted by atomic mass is 16.4. The van der Waals surface area contributed by atoms with Crippen molar-refractivity contribution in [2.75, 3.05) is 13.2 Å². The molecule has 0 amide bonds. The standard InChI is InChI=1S/C42H76O10/c1-3-5-7-9-11-13-15-17-19-21-23-25-27-29-37(47)41(51,34-44)42(52,39(49)32-31-35(45)40(50)36(46)33-43)38(48)30-28-26-24-22-20-18-16-14-12-10-8-6-4-2/h14,16,36,40,43-44,46,50-52H,3-13,15,17-34H2,1-2H3/b16-14-. The number of ketones is 4. The zero-order valence-corrected chi connectivity index (χ0v) is 32.8. The third-order valence-electron chi connectivity index (χ3n) is 10.2. The van der Waals surface area contributed by atoms with E-state index in [0.29, 0.717) is 19.3 Å². The first-order valence-corrected chi connectivity index (χ1v) is 20.8. The maximum absolute atomic E-state index is 13.5. The Morgan fingerprint density at radius 2 is 0.865 bits per heavy atom. The van der Waals surface area contributed by atoms with Gasteiger partial charge in [0, 0.05) is 25.7 Å². The molecule has 0 aromatic carbocycles. The summed E-state index contributed by atoms with van der Waals surface area (Å²) in [6.45, 7) is 2.12. The highest BCUT2D eigenvalue weighted by Gasteiger charge is 2.62. The minimum atomic E-state index is -3.29. The van der Waals surface area contributed by atoms with Crippen LogP contribution in [0.4, 0.5) is 0 Å². The van der Waals surface area contributed by atoms with Gasteiger partial charge in [0.2, 0.25) is 5.60 Å². The van der Waals surface area contributed by atoms with E-state index in [1.54, 1.807) is 0 Å². The van der Waals surface area contributed by atoms with E-state index in [4.69, 9.17) is 5.11 Å². The second-order valence-corrected chi connectivity index (χ2v) is 14.8. The zero-order chi connectivity index (χ0) is 39.1. The monoisotopic (exact) mass is 741 g/mol. The van der Waals surface area contributed by atoms with Gasteiger partial charge in [-0.1, -0.05) is 142 Å². The summed E-state index contributed by atoms with van der Waals surface area (Å²) in [5.41, 5.74) is -6.40. The van der Waals surface area contributed by atoms with Crippen molar-refractivity contribution < 1.29 is 49.8 Å². The van der Waals surface area contributed by atoms with Gasteiger partial charge in [0.15, 0.2) is 28.7 Å². The third kappa shape index (κ3) is 20.0. The molecular weight excluding hydrogens is 664 g/mol. The van der Waals surface area contributed by atoms with Crippen LogP contribution >= 0.6 is 0 Å². The topological polar surface area (TPSA) is 190 Å². The minimum absolute atomic E-state index is 0.259. The van der Waals surface area contributed by atoms with E-state index in [0.717, 1.165) is 57.8 Å². The zero-order valence-electron chi connectivity index (χ0n) is 32.8. The summed E-state index contributed by atoms with van der Waals surface area (Å²) in [6.07, 6.45) is 23.1. The van der Waals surface area contributed by atoms with E-state index in [2.05, 4.69) is 26.0 Å². The third-order valence-corrected chi connectivity index (χ3v) is 10.2. The van der Waals surface area contributed by atoms with Crippen LogP contribution in [0.3, 0.4) is 0 Å². The molecule has 0 aliphatic heterocycles. The smallest absolute Gasteiger partial charge is 0.219 e. The number of carbonyl (C=O) groups is 4. The van der Waals surface area contributed by atoms with E-state index >= 15 is 0 Å². The van der Waals surface area contributed by atoms with Crippen LogP contribution in [0.15, 0.2) is 12.2 Å². The highest BCUT2D eigenvalue weighted by molar-refractivity contribution is 6.16. The van der Waals surface area contributed by atoms with Crippen LogP contribution in [0, 0.1) is 0 Å². The summed E-state index contributed by atoms with van der Waals surface area (Å²) in [6, 6.07) is 0. The number of allylic oxidation sites excluding steroid dienone is 2. The van der Waals surface area contributed by atoms with E-state index < -0.39 is 72.6 Å². The number of carbonyl (C=O) groups excluding carboxylic acids is 4. The number of rotatable bonds is 38. The summed E-state index contributed by atoms with van der Waals surface area (Å²) >= 11 is 0. The quantitative estimate of drug-likeness (QED) is 0.0220. The van der Waals surface area contributed by atoms with Gasteiger partial charge in [0.1, 0.15) is 12.2 Å². The fraction of sp³-hybridized carbons (Fsp3) is 0.857. The maximum atomic E-state index is 13.5. The lowest BCUT2D eigenvalue weighted by atomic mass is 9.71. The summed E-state index contributed by atoms with van der Waals surface area (Å²) in [7, 11) is 0. The van der Waals surface area contributed by atoms with Gasteiger partial charge in [0.25, 0.3) is 0 Å². The molecule has 10 nitrogen and oxygen atoms in total. The van der Waals surface area contributed by atoms with Crippen LogP contribution in [0.2, 0.25) is 0 Å². The molecule has 0 spiro atoms. The average molecular weight is 741 g/mol. The Morgan fingerprint density at radius 1 is 0.500 bits per heavy atom. The van der Waals surface area contributed by atoms with Crippen LogP contribution in [0.5, 0.6) is 0 Å². The second-order valence-electron chi connectivity index (χ2n) is 14.8. The fourth-order valence-electron chi connectivity index (χ4n) is 6.59. The number of aliphatic hydroxyl groups excluding tert-OH is 4.